The van der Waals surface area contributed by atoms with E-state index in [9.17, 15) is 44.6 Å². The van der Waals surface area contributed by atoms with Crippen LogP contribution in [0.15, 0.2) is 60.8 Å². The number of esters is 2. The molecular weight excluding hydrogens is 900 g/mol. The van der Waals surface area contributed by atoms with Crippen LogP contribution in [0, 0.1) is 0 Å². The molecule has 69 heavy (non-hydrogen) atoms. The minimum atomic E-state index is -5.15. The molecule has 1 aliphatic rings. The van der Waals surface area contributed by atoms with Gasteiger partial charge in [-0.3, -0.25) is 18.6 Å². The lowest BCUT2D eigenvalue weighted by molar-refractivity contribution is -0.220. The predicted molar refractivity (Wildman–Crippen MR) is 276 cm³/mol. The van der Waals surface area contributed by atoms with Crippen molar-refractivity contribution in [3.8, 4) is 0 Å². The fraction of sp³-hybridized carbons (Fsp3) is 0.782. The number of allylic oxidation sites excluding steroid dienone is 10. The van der Waals surface area contributed by atoms with Crippen molar-refractivity contribution in [1.29, 1.82) is 0 Å². The molecule has 13 nitrogen and oxygen atoms in total. The van der Waals surface area contributed by atoms with Crippen LogP contribution in [0.1, 0.15) is 219 Å². The Balaban J connectivity index is 2.42. The van der Waals surface area contributed by atoms with E-state index in [1.54, 1.807) is 0 Å². The Morgan fingerprint density at radius 2 is 0.797 bits per heavy atom. The van der Waals surface area contributed by atoms with Gasteiger partial charge in [0, 0.05) is 12.8 Å². The van der Waals surface area contributed by atoms with Crippen LogP contribution >= 0.6 is 7.82 Å². The summed E-state index contributed by atoms with van der Waals surface area (Å²) < 4.78 is 33.5. The molecule has 6 unspecified atom stereocenters. The second kappa shape index (κ2) is 44.3. The highest BCUT2D eigenvalue weighted by Crippen LogP contribution is 2.47. The molecule has 0 spiro atoms. The van der Waals surface area contributed by atoms with Crippen LogP contribution in [0.4, 0.5) is 0 Å². The Hall–Kier alpha value is -2.45. The molecule has 0 bridgehead atoms. The van der Waals surface area contributed by atoms with Gasteiger partial charge in [-0.1, -0.05) is 190 Å². The molecule has 400 valence electrons. The number of unbranched alkanes of at least 4 members (excludes halogenated alkanes) is 23. The molecular formula is C55H97O13P. The number of carbonyl (C=O) groups excluding carboxylic acids is 2. The highest BCUT2D eigenvalue weighted by molar-refractivity contribution is 7.47. The van der Waals surface area contributed by atoms with Gasteiger partial charge in [-0.15, -0.1) is 0 Å². The number of aliphatic hydroxyl groups is 5. The Labute approximate surface area is 417 Å². The van der Waals surface area contributed by atoms with E-state index in [1.807, 2.05) is 18.2 Å². The van der Waals surface area contributed by atoms with Crippen molar-refractivity contribution >= 4 is 19.8 Å². The molecule has 1 fully saturated rings. The number of ether oxygens (including phenoxy) is 2. The number of hydrogen-bond acceptors (Lipinski definition) is 12. The lowest BCUT2D eigenvalue weighted by atomic mass is 9.85. The third kappa shape index (κ3) is 36.2. The number of hydrogen-bond donors (Lipinski definition) is 6. The molecule has 1 aliphatic carbocycles. The lowest BCUT2D eigenvalue weighted by Crippen LogP contribution is -2.64. The molecule has 0 aromatic rings. The van der Waals surface area contributed by atoms with Crippen LogP contribution in [0.3, 0.4) is 0 Å². The van der Waals surface area contributed by atoms with Crippen LogP contribution < -0.4 is 0 Å². The van der Waals surface area contributed by atoms with Gasteiger partial charge in [0.15, 0.2) is 6.10 Å². The van der Waals surface area contributed by atoms with Gasteiger partial charge in [-0.2, -0.15) is 0 Å². The Kier molecular flexibility index (Phi) is 41.4. The third-order valence-electron chi connectivity index (χ3n) is 12.3. The average molecular weight is 997 g/mol. The summed E-state index contributed by atoms with van der Waals surface area (Å²) in [6, 6.07) is 0. The summed E-state index contributed by atoms with van der Waals surface area (Å²) in [5.41, 5.74) is 0. The number of phosphoric acid groups is 1. The van der Waals surface area contributed by atoms with Crippen molar-refractivity contribution in [2.75, 3.05) is 13.2 Å². The smallest absolute Gasteiger partial charge is 0.462 e. The fourth-order valence-electron chi connectivity index (χ4n) is 7.97. The van der Waals surface area contributed by atoms with E-state index in [-0.39, 0.29) is 12.8 Å². The molecule has 0 aliphatic heterocycles. The van der Waals surface area contributed by atoms with E-state index < -0.39 is 75.7 Å². The summed E-state index contributed by atoms with van der Waals surface area (Å²) in [5.74, 6) is -1.21. The van der Waals surface area contributed by atoms with Gasteiger partial charge in [0.2, 0.25) is 0 Å². The minimum absolute atomic E-state index is 0.0154. The van der Waals surface area contributed by atoms with Gasteiger partial charge in [0.1, 0.15) is 43.2 Å². The second-order valence-electron chi connectivity index (χ2n) is 18.7. The van der Waals surface area contributed by atoms with Crippen LogP contribution in [0.5, 0.6) is 0 Å². The first-order chi connectivity index (χ1) is 33.4. The first-order valence-electron chi connectivity index (χ1n) is 27.1. The van der Waals surface area contributed by atoms with Gasteiger partial charge in [0.25, 0.3) is 0 Å². The average Bonchev–Trinajstić information content (AvgIpc) is 3.33. The number of carbonyl (C=O) groups is 2. The number of aliphatic hydroxyl groups excluding tert-OH is 5. The molecule has 0 heterocycles. The normalized spacial score (nSPS) is 21.3. The van der Waals surface area contributed by atoms with Crippen molar-refractivity contribution < 1.29 is 63.1 Å². The molecule has 1 saturated carbocycles. The van der Waals surface area contributed by atoms with E-state index >= 15 is 0 Å². The SMILES string of the molecule is CCCCCCCC/C=C/C/C=C/C/C=C/CCCC(=O)O[C@@H](COC(=O)CCC/C=C/CC/C=C/CCCCCCCCCCCCCCCC)COP(=O)(O)OC1C(O)C(O)C(O)[C@H](O)C1O. The molecule has 0 aromatic carbocycles. The van der Waals surface area contributed by atoms with Gasteiger partial charge < -0.3 is 39.9 Å². The molecule has 0 aromatic heterocycles. The zero-order valence-corrected chi connectivity index (χ0v) is 43.7. The molecule has 6 N–H and O–H groups in total. The van der Waals surface area contributed by atoms with E-state index in [1.165, 1.54) is 128 Å². The maximum Gasteiger partial charge on any atom is 0.472 e. The summed E-state index contributed by atoms with van der Waals surface area (Å²) in [4.78, 5) is 35.8. The highest BCUT2D eigenvalue weighted by atomic mass is 31.2. The van der Waals surface area contributed by atoms with Crippen LogP contribution in [0.25, 0.3) is 0 Å². The molecule has 0 amide bonds. The first kappa shape index (κ1) is 64.6. The predicted octanol–water partition coefficient (Wildman–Crippen LogP) is 12.1. The van der Waals surface area contributed by atoms with Crippen molar-refractivity contribution in [1.82, 2.24) is 0 Å². The number of phosphoric ester groups is 1. The summed E-state index contributed by atoms with van der Waals surface area (Å²) in [5, 5.41) is 50.3. The molecule has 14 heteroatoms. The quantitative estimate of drug-likeness (QED) is 0.0145. The summed E-state index contributed by atoms with van der Waals surface area (Å²) in [6.07, 6.45) is 42.9. The van der Waals surface area contributed by atoms with E-state index in [2.05, 4.69) is 56.4 Å². The summed E-state index contributed by atoms with van der Waals surface area (Å²) in [7, 11) is -5.15. The zero-order chi connectivity index (χ0) is 50.6. The minimum Gasteiger partial charge on any atom is -0.462 e. The van der Waals surface area contributed by atoms with Crippen LogP contribution in [0.2, 0.25) is 0 Å². The van der Waals surface area contributed by atoms with Crippen LogP contribution in [-0.4, -0.2) is 98.3 Å². The zero-order valence-electron chi connectivity index (χ0n) is 42.8. The van der Waals surface area contributed by atoms with E-state index in [4.69, 9.17) is 18.5 Å². The first-order valence-corrected chi connectivity index (χ1v) is 28.6. The third-order valence-corrected chi connectivity index (χ3v) is 13.3. The van der Waals surface area contributed by atoms with E-state index in [0.717, 1.165) is 38.5 Å². The second-order valence-corrected chi connectivity index (χ2v) is 20.1. The van der Waals surface area contributed by atoms with Crippen molar-refractivity contribution in [2.24, 2.45) is 0 Å². The van der Waals surface area contributed by atoms with Gasteiger partial charge in [0.05, 0.1) is 6.61 Å². The fourth-order valence-corrected chi connectivity index (χ4v) is 8.94. The topological polar surface area (TPSA) is 210 Å². The Morgan fingerprint density at radius 3 is 1.25 bits per heavy atom. The largest absolute Gasteiger partial charge is 0.472 e. The summed E-state index contributed by atoms with van der Waals surface area (Å²) >= 11 is 0. The molecule has 1 rings (SSSR count). The lowest BCUT2D eigenvalue weighted by Gasteiger charge is -2.41. The monoisotopic (exact) mass is 997 g/mol. The highest BCUT2D eigenvalue weighted by Gasteiger charge is 2.51. The molecule has 0 radical (unpaired) electrons. The number of rotatable bonds is 45. The molecule has 8 atom stereocenters. The standard InChI is InChI=1S/C55H97O13P/c1-3-5-7-9-11-13-15-17-19-21-22-23-24-25-26-28-29-31-33-35-37-39-41-43-48(56)65-45-47(46-66-69(63,64)68-55-53(61)51(59)50(58)52(60)54(55)62)67-49(57)44-42-40-38-36-34-32-30-27-20-18-16-14-12-10-8-6-4-2/h18,20,28-30,32,35-38,47,50-55,58-62H,3-17,19,21-27,31,33-34,39-46H2,1-2H3,(H,63,64)/b20-18+,29-28+,32-30+,37-35+,38-36+/t47-,50?,51-,52?,53?,54?,55?/m0/s1. The Bertz CT molecular complexity index is 1430. The van der Waals surface area contributed by atoms with Crippen LogP contribution in [-0.2, 0) is 32.7 Å². The Morgan fingerprint density at radius 1 is 0.449 bits per heavy atom. The van der Waals surface area contributed by atoms with Crippen molar-refractivity contribution in [3.05, 3.63) is 60.8 Å². The maximum atomic E-state index is 12.9. The van der Waals surface area contributed by atoms with Crippen molar-refractivity contribution in [3.63, 3.8) is 0 Å². The molecule has 0 saturated heterocycles. The van der Waals surface area contributed by atoms with E-state index in [0.29, 0.717) is 25.7 Å². The van der Waals surface area contributed by atoms with Crippen molar-refractivity contribution in [2.45, 2.75) is 262 Å². The maximum absolute atomic E-state index is 12.9. The van der Waals surface area contributed by atoms with Gasteiger partial charge >= 0.3 is 19.8 Å². The van der Waals surface area contributed by atoms with Gasteiger partial charge in [-0.05, 0) is 77.0 Å². The summed E-state index contributed by atoms with van der Waals surface area (Å²) in [6.45, 7) is 3.25. The van der Waals surface area contributed by atoms with Gasteiger partial charge in [-0.25, -0.2) is 4.57 Å².